The molecule has 0 N–H and O–H groups in total. The summed E-state index contributed by atoms with van der Waals surface area (Å²) in [5.74, 6) is 0. The highest BCUT2D eigenvalue weighted by atomic mass is 32.2. The molecule has 2 nitrogen and oxygen atoms in total. The Hall–Kier alpha value is -0.540. The number of pyridine rings is 1. The molecule has 1 aliphatic rings. The molecule has 0 saturated carbocycles. The lowest BCUT2D eigenvalue weighted by Gasteiger charge is -2.31. The van der Waals surface area contributed by atoms with E-state index in [1.807, 2.05) is 11.8 Å². The number of hydrogen-bond acceptors (Lipinski definition) is 2. The van der Waals surface area contributed by atoms with Gasteiger partial charge in [-0.1, -0.05) is 6.42 Å². The van der Waals surface area contributed by atoms with Crippen LogP contribution in [-0.4, -0.2) is 23.4 Å². The minimum atomic E-state index is 0.592. The van der Waals surface area contributed by atoms with Crippen molar-refractivity contribution in [3.63, 3.8) is 0 Å². The molecule has 0 aliphatic carbocycles. The van der Waals surface area contributed by atoms with E-state index in [2.05, 4.69) is 47.8 Å². The predicted molar refractivity (Wildman–Crippen MR) is 68.4 cm³/mol. The monoisotopic (exact) mass is 237 g/mol. The fraction of sp³-hybridized carbons (Fsp3) is 0.615. The van der Waals surface area contributed by atoms with Crippen LogP contribution >= 0.6 is 11.8 Å². The van der Waals surface area contributed by atoms with Crippen molar-refractivity contribution in [3.05, 3.63) is 24.4 Å². The van der Waals surface area contributed by atoms with Gasteiger partial charge in [-0.15, -0.1) is 0 Å². The zero-order valence-electron chi connectivity index (χ0n) is 10.2. The van der Waals surface area contributed by atoms with Crippen LogP contribution in [0.1, 0.15) is 26.2 Å². The van der Waals surface area contributed by atoms with E-state index in [9.17, 15) is 0 Å². The van der Waals surface area contributed by atoms with Gasteiger partial charge in [0.05, 0.1) is 5.37 Å². The van der Waals surface area contributed by atoms with E-state index in [1.165, 1.54) is 37.4 Å². The van der Waals surface area contributed by atoms with Gasteiger partial charge >= 0.3 is 0 Å². The van der Waals surface area contributed by atoms with Crippen LogP contribution in [0.5, 0.6) is 0 Å². The number of likely N-dealkylation sites (tertiary alicyclic amines) is 1. The van der Waals surface area contributed by atoms with Crippen molar-refractivity contribution in [2.45, 2.75) is 36.6 Å². The molecule has 0 spiro atoms. The van der Waals surface area contributed by atoms with Crippen molar-refractivity contribution >= 4 is 11.8 Å². The summed E-state index contributed by atoms with van der Waals surface area (Å²) in [6.07, 6.45) is 6.26. The highest BCUT2D eigenvalue weighted by Crippen LogP contribution is 2.24. The molecule has 2 rings (SSSR count). The van der Waals surface area contributed by atoms with E-state index in [0.29, 0.717) is 5.37 Å². The van der Waals surface area contributed by atoms with Crippen LogP contribution in [0.3, 0.4) is 0 Å². The van der Waals surface area contributed by atoms with Crippen LogP contribution in [0.25, 0.3) is 0 Å². The summed E-state index contributed by atoms with van der Waals surface area (Å²) in [5.41, 5.74) is 0. The van der Waals surface area contributed by atoms with Gasteiger partial charge in [-0.05, 0) is 50.7 Å². The number of thioether (sulfide) groups is 1. The topological polar surface area (TPSA) is 7.12 Å². The van der Waals surface area contributed by atoms with Gasteiger partial charge in [-0.25, -0.2) is 0 Å². The van der Waals surface area contributed by atoms with Crippen molar-refractivity contribution in [3.8, 4) is 0 Å². The van der Waals surface area contributed by atoms with Gasteiger partial charge in [0, 0.05) is 12.1 Å². The molecule has 0 radical (unpaired) electrons. The normalized spacial score (nSPS) is 19.6. The van der Waals surface area contributed by atoms with E-state index < -0.39 is 0 Å². The lowest BCUT2D eigenvalue weighted by Crippen LogP contribution is -2.37. The molecule has 1 aromatic heterocycles. The third-order valence-corrected chi connectivity index (χ3v) is 4.51. The molecular formula is C13H21N2S+. The Morgan fingerprint density at radius 1 is 1.25 bits per heavy atom. The fourth-order valence-corrected chi connectivity index (χ4v) is 3.26. The van der Waals surface area contributed by atoms with Gasteiger partial charge < -0.3 is 0 Å². The van der Waals surface area contributed by atoms with Crippen LogP contribution in [0.4, 0.5) is 0 Å². The molecule has 0 bridgehead atoms. The maximum atomic E-state index is 2.60. The number of rotatable bonds is 3. The molecule has 1 aliphatic heterocycles. The summed E-state index contributed by atoms with van der Waals surface area (Å²) < 4.78 is 2.20. The fourth-order valence-electron chi connectivity index (χ4n) is 2.16. The molecule has 3 heteroatoms. The first-order valence-electron chi connectivity index (χ1n) is 6.13. The average molecular weight is 237 g/mol. The molecular weight excluding hydrogens is 216 g/mol. The SMILES string of the molecule is CC(Sc1cccc[n+]1C)N1CCCCC1. The van der Waals surface area contributed by atoms with Crippen LogP contribution in [0, 0.1) is 0 Å². The van der Waals surface area contributed by atoms with Gasteiger partial charge in [0.15, 0.2) is 6.20 Å². The maximum Gasteiger partial charge on any atom is 0.241 e. The van der Waals surface area contributed by atoms with Gasteiger partial charge in [0.25, 0.3) is 0 Å². The van der Waals surface area contributed by atoms with Gasteiger partial charge in [0.1, 0.15) is 7.05 Å². The number of nitrogens with zero attached hydrogens (tertiary/aromatic N) is 2. The lowest BCUT2D eigenvalue weighted by atomic mass is 10.1. The highest BCUT2D eigenvalue weighted by Gasteiger charge is 2.20. The van der Waals surface area contributed by atoms with Crippen molar-refractivity contribution in [2.24, 2.45) is 7.05 Å². The minimum absolute atomic E-state index is 0.592. The smallest absolute Gasteiger partial charge is 0.241 e. The predicted octanol–water partition coefficient (Wildman–Crippen LogP) is 2.44. The quantitative estimate of drug-likeness (QED) is 0.589. The first kappa shape index (κ1) is 11.9. The zero-order chi connectivity index (χ0) is 11.4. The zero-order valence-corrected chi connectivity index (χ0v) is 11.0. The summed E-state index contributed by atoms with van der Waals surface area (Å²) in [7, 11) is 2.12. The Morgan fingerprint density at radius 2 is 2.00 bits per heavy atom. The molecule has 1 aromatic rings. The third-order valence-electron chi connectivity index (χ3n) is 3.20. The first-order chi connectivity index (χ1) is 7.77. The second-order valence-corrected chi connectivity index (χ2v) is 5.80. The van der Waals surface area contributed by atoms with Crippen molar-refractivity contribution in [1.82, 2.24) is 4.90 Å². The van der Waals surface area contributed by atoms with E-state index >= 15 is 0 Å². The van der Waals surface area contributed by atoms with Crippen molar-refractivity contribution < 1.29 is 4.57 Å². The van der Waals surface area contributed by atoms with Crippen molar-refractivity contribution in [2.75, 3.05) is 13.1 Å². The van der Waals surface area contributed by atoms with E-state index in [0.717, 1.165) is 0 Å². The summed E-state index contributed by atoms with van der Waals surface area (Å²) in [4.78, 5) is 2.60. The summed E-state index contributed by atoms with van der Waals surface area (Å²) in [6, 6.07) is 6.39. The molecule has 1 saturated heterocycles. The highest BCUT2D eigenvalue weighted by molar-refractivity contribution is 7.99. The molecule has 2 heterocycles. The van der Waals surface area contributed by atoms with Gasteiger partial charge in [-0.2, -0.15) is 4.57 Å². The molecule has 1 fully saturated rings. The van der Waals surface area contributed by atoms with Crippen LogP contribution < -0.4 is 4.57 Å². The Balaban J connectivity index is 1.96. The first-order valence-corrected chi connectivity index (χ1v) is 7.01. The maximum absolute atomic E-state index is 2.60. The van der Waals surface area contributed by atoms with Crippen LogP contribution in [0.2, 0.25) is 0 Å². The molecule has 0 aromatic carbocycles. The average Bonchev–Trinajstić information content (AvgIpc) is 2.33. The lowest BCUT2D eigenvalue weighted by molar-refractivity contribution is -0.708. The standard InChI is InChI=1S/C13H21N2S/c1-12(15-10-5-3-6-11-15)16-13-8-4-7-9-14(13)2/h4,7-9,12H,3,5-6,10-11H2,1-2H3/q+1. The van der Waals surface area contributed by atoms with Gasteiger partial charge in [-0.3, -0.25) is 4.90 Å². The summed E-state index contributed by atoms with van der Waals surface area (Å²) in [6.45, 7) is 4.86. The van der Waals surface area contributed by atoms with E-state index in [4.69, 9.17) is 0 Å². The minimum Gasteiger partial charge on any atom is -0.291 e. The third kappa shape index (κ3) is 2.98. The van der Waals surface area contributed by atoms with Gasteiger partial charge in [0.2, 0.25) is 5.03 Å². The summed E-state index contributed by atoms with van der Waals surface area (Å²) >= 11 is 1.97. The van der Waals surface area contributed by atoms with E-state index in [1.54, 1.807) is 0 Å². The molecule has 88 valence electrons. The largest absolute Gasteiger partial charge is 0.291 e. The molecule has 0 amide bonds. The second-order valence-electron chi connectivity index (χ2n) is 4.46. The Bertz CT molecular complexity index is 334. The molecule has 1 atom stereocenters. The molecule has 16 heavy (non-hydrogen) atoms. The van der Waals surface area contributed by atoms with E-state index in [-0.39, 0.29) is 0 Å². The number of aromatic nitrogens is 1. The Labute approximate surface area is 103 Å². The molecule has 1 unspecified atom stereocenters. The Kier molecular flexibility index (Phi) is 4.24. The van der Waals surface area contributed by atoms with Crippen molar-refractivity contribution in [1.29, 1.82) is 0 Å². The Morgan fingerprint density at radius 3 is 2.69 bits per heavy atom. The second kappa shape index (κ2) is 5.69. The van der Waals surface area contributed by atoms with Crippen LogP contribution in [-0.2, 0) is 7.05 Å². The number of hydrogen-bond donors (Lipinski definition) is 0. The number of piperidine rings is 1. The van der Waals surface area contributed by atoms with Crippen LogP contribution in [0.15, 0.2) is 29.4 Å². The summed E-state index contributed by atoms with van der Waals surface area (Å²) in [5, 5.41) is 1.94. The number of aryl methyl sites for hydroxylation is 1.